The van der Waals surface area contributed by atoms with Crippen molar-refractivity contribution in [3.05, 3.63) is 35.7 Å². The number of aromatic amines is 1. The third-order valence-electron chi connectivity index (χ3n) is 3.13. The Hall–Kier alpha value is -2.58. The summed E-state index contributed by atoms with van der Waals surface area (Å²) in [4.78, 5) is 15.5. The number of unbranched alkanes of at least 4 members (excludes halogenated alkanes) is 1. The van der Waals surface area contributed by atoms with Gasteiger partial charge in [-0.25, -0.2) is 9.78 Å². The molecule has 2 rings (SSSR count). The molecule has 1 heterocycles. The second-order valence-electron chi connectivity index (χ2n) is 5.02. The van der Waals surface area contributed by atoms with E-state index in [1.54, 1.807) is 0 Å². The summed E-state index contributed by atoms with van der Waals surface area (Å²) in [6.07, 6.45) is -3.24. The molecule has 1 amide bonds. The molecule has 0 radical (unpaired) electrons. The Balaban J connectivity index is 1.92. The van der Waals surface area contributed by atoms with Crippen LogP contribution in [0.25, 0.3) is 11.4 Å². The number of H-pyrrole nitrogens is 1. The average Bonchev–Trinajstić information content (AvgIpc) is 3.01. The number of halogens is 3. The Labute approximate surface area is 136 Å². The second-order valence-corrected chi connectivity index (χ2v) is 5.02. The van der Waals surface area contributed by atoms with Crippen LogP contribution in [0.15, 0.2) is 24.3 Å². The number of aromatic nitrogens is 3. The van der Waals surface area contributed by atoms with E-state index < -0.39 is 17.8 Å². The predicted octanol–water partition coefficient (Wildman–Crippen LogP) is 3.52. The van der Waals surface area contributed by atoms with Crippen LogP contribution in [0.5, 0.6) is 0 Å². The van der Waals surface area contributed by atoms with Gasteiger partial charge in [0.2, 0.25) is 0 Å². The molecule has 0 saturated carbocycles. The number of carbonyl (C=O) groups is 1. The van der Waals surface area contributed by atoms with Crippen molar-refractivity contribution >= 4 is 6.09 Å². The molecule has 2 N–H and O–H groups in total. The fourth-order valence-corrected chi connectivity index (χ4v) is 1.83. The quantitative estimate of drug-likeness (QED) is 0.787. The zero-order valence-corrected chi connectivity index (χ0v) is 13.0. The fourth-order valence-electron chi connectivity index (χ4n) is 1.83. The molecule has 1 aromatic carbocycles. The van der Waals surface area contributed by atoms with Crippen molar-refractivity contribution in [3.8, 4) is 11.4 Å². The van der Waals surface area contributed by atoms with Crippen LogP contribution in [0.3, 0.4) is 0 Å². The molecule has 6 nitrogen and oxygen atoms in total. The smallest absolute Gasteiger partial charge is 0.416 e. The number of hydrogen-bond donors (Lipinski definition) is 2. The Kier molecular flexibility index (Phi) is 5.78. The van der Waals surface area contributed by atoms with Crippen molar-refractivity contribution in [2.45, 2.75) is 32.5 Å². The monoisotopic (exact) mass is 342 g/mol. The van der Waals surface area contributed by atoms with Gasteiger partial charge in [0.25, 0.3) is 0 Å². The lowest BCUT2D eigenvalue weighted by atomic mass is 10.1. The van der Waals surface area contributed by atoms with E-state index >= 15 is 0 Å². The van der Waals surface area contributed by atoms with Crippen molar-refractivity contribution < 1.29 is 22.7 Å². The first-order valence-corrected chi connectivity index (χ1v) is 7.39. The molecule has 0 fully saturated rings. The third-order valence-corrected chi connectivity index (χ3v) is 3.13. The molecule has 24 heavy (non-hydrogen) atoms. The Bertz CT molecular complexity index is 668. The van der Waals surface area contributed by atoms with Gasteiger partial charge in [-0.2, -0.15) is 18.3 Å². The van der Waals surface area contributed by atoms with Crippen LogP contribution in [0, 0.1) is 0 Å². The molecule has 0 aliphatic heterocycles. The Morgan fingerprint density at radius 3 is 2.62 bits per heavy atom. The number of nitrogens with zero attached hydrogens (tertiary/aromatic N) is 2. The van der Waals surface area contributed by atoms with Gasteiger partial charge in [-0.05, 0) is 18.6 Å². The summed E-state index contributed by atoms with van der Waals surface area (Å²) in [5, 5.41) is 9.05. The number of carbonyl (C=O) groups excluding carboxylic acids is 1. The standard InChI is InChI=1S/C15H17F3N4O2/c1-2-3-8-24-14(23)19-9-12-20-13(22-21-12)10-4-6-11(7-5-10)15(16,17)18/h4-7H,2-3,8-9H2,1H3,(H,19,23)(H,20,21,22). The average molecular weight is 342 g/mol. The van der Waals surface area contributed by atoms with Crippen LogP contribution in [-0.2, 0) is 17.5 Å². The molecule has 130 valence electrons. The number of alkyl carbamates (subject to hydrolysis) is 1. The first-order valence-electron chi connectivity index (χ1n) is 7.39. The summed E-state index contributed by atoms with van der Waals surface area (Å²) >= 11 is 0. The zero-order valence-electron chi connectivity index (χ0n) is 13.0. The summed E-state index contributed by atoms with van der Waals surface area (Å²) in [6.45, 7) is 2.41. The Morgan fingerprint density at radius 1 is 1.29 bits per heavy atom. The van der Waals surface area contributed by atoms with Gasteiger partial charge in [-0.3, -0.25) is 5.10 Å². The van der Waals surface area contributed by atoms with E-state index in [0.29, 0.717) is 18.0 Å². The molecule has 0 atom stereocenters. The van der Waals surface area contributed by atoms with Gasteiger partial charge in [-0.15, -0.1) is 0 Å². The number of nitrogens with one attached hydrogen (secondary N) is 2. The lowest BCUT2D eigenvalue weighted by Crippen LogP contribution is -2.24. The second kappa shape index (κ2) is 7.80. The molecule has 9 heteroatoms. The maximum absolute atomic E-state index is 12.5. The lowest BCUT2D eigenvalue weighted by Gasteiger charge is -2.06. The van der Waals surface area contributed by atoms with Crippen LogP contribution in [0.4, 0.5) is 18.0 Å². The van der Waals surface area contributed by atoms with Gasteiger partial charge in [-0.1, -0.05) is 25.5 Å². The summed E-state index contributed by atoms with van der Waals surface area (Å²) < 4.78 is 42.5. The van der Waals surface area contributed by atoms with E-state index in [9.17, 15) is 18.0 Å². The maximum atomic E-state index is 12.5. The maximum Gasteiger partial charge on any atom is 0.416 e. The van der Waals surface area contributed by atoms with E-state index in [-0.39, 0.29) is 12.4 Å². The topological polar surface area (TPSA) is 79.9 Å². The molecular weight excluding hydrogens is 325 g/mol. The lowest BCUT2D eigenvalue weighted by molar-refractivity contribution is -0.137. The van der Waals surface area contributed by atoms with E-state index in [4.69, 9.17) is 4.74 Å². The van der Waals surface area contributed by atoms with Gasteiger partial charge in [0.15, 0.2) is 5.82 Å². The van der Waals surface area contributed by atoms with Gasteiger partial charge in [0.1, 0.15) is 5.82 Å². The minimum atomic E-state index is -4.38. The van der Waals surface area contributed by atoms with Crippen LogP contribution in [0.2, 0.25) is 0 Å². The number of amides is 1. The van der Waals surface area contributed by atoms with E-state index in [0.717, 1.165) is 25.0 Å². The molecular formula is C15H17F3N4O2. The molecule has 0 saturated heterocycles. The summed E-state index contributed by atoms with van der Waals surface area (Å²) in [5.41, 5.74) is -0.297. The SMILES string of the molecule is CCCCOC(=O)NCc1nc(-c2ccc(C(F)(F)F)cc2)n[nH]1. The van der Waals surface area contributed by atoms with Gasteiger partial charge in [0.05, 0.1) is 18.7 Å². The number of alkyl halides is 3. The minimum absolute atomic E-state index is 0.0819. The highest BCUT2D eigenvalue weighted by Gasteiger charge is 2.30. The zero-order chi connectivity index (χ0) is 17.6. The predicted molar refractivity (Wildman–Crippen MR) is 79.9 cm³/mol. The van der Waals surface area contributed by atoms with Crippen LogP contribution in [-0.4, -0.2) is 27.9 Å². The van der Waals surface area contributed by atoms with Crippen molar-refractivity contribution in [2.24, 2.45) is 0 Å². The van der Waals surface area contributed by atoms with Crippen LogP contribution >= 0.6 is 0 Å². The number of benzene rings is 1. The van der Waals surface area contributed by atoms with E-state index in [2.05, 4.69) is 20.5 Å². The minimum Gasteiger partial charge on any atom is -0.450 e. The van der Waals surface area contributed by atoms with Crippen molar-refractivity contribution in [2.75, 3.05) is 6.61 Å². The molecule has 0 aliphatic carbocycles. The highest BCUT2D eigenvalue weighted by Crippen LogP contribution is 2.30. The van der Waals surface area contributed by atoms with Crippen molar-refractivity contribution in [3.63, 3.8) is 0 Å². The number of rotatable bonds is 6. The summed E-state index contributed by atoms with van der Waals surface area (Å²) in [6, 6.07) is 4.52. The van der Waals surface area contributed by atoms with Gasteiger partial charge < -0.3 is 10.1 Å². The summed E-state index contributed by atoms with van der Waals surface area (Å²) in [7, 11) is 0. The van der Waals surface area contributed by atoms with Crippen molar-refractivity contribution in [1.82, 2.24) is 20.5 Å². The fraction of sp³-hybridized carbons (Fsp3) is 0.400. The Morgan fingerprint density at radius 2 is 2.00 bits per heavy atom. The van der Waals surface area contributed by atoms with E-state index in [1.165, 1.54) is 12.1 Å². The van der Waals surface area contributed by atoms with Crippen LogP contribution < -0.4 is 5.32 Å². The van der Waals surface area contributed by atoms with E-state index in [1.807, 2.05) is 6.92 Å². The largest absolute Gasteiger partial charge is 0.450 e. The van der Waals surface area contributed by atoms with Gasteiger partial charge >= 0.3 is 12.3 Å². The summed E-state index contributed by atoms with van der Waals surface area (Å²) in [5.74, 6) is 0.622. The van der Waals surface area contributed by atoms with Crippen LogP contribution in [0.1, 0.15) is 31.2 Å². The highest BCUT2D eigenvalue weighted by molar-refractivity contribution is 5.67. The highest BCUT2D eigenvalue weighted by atomic mass is 19.4. The first kappa shape index (κ1) is 17.8. The number of hydrogen-bond acceptors (Lipinski definition) is 4. The first-order chi connectivity index (χ1) is 11.4. The molecule has 0 bridgehead atoms. The third kappa shape index (κ3) is 4.97. The van der Waals surface area contributed by atoms with Gasteiger partial charge in [0, 0.05) is 5.56 Å². The molecule has 0 spiro atoms. The molecule has 0 unspecified atom stereocenters. The van der Waals surface area contributed by atoms with Crippen molar-refractivity contribution in [1.29, 1.82) is 0 Å². The molecule has 1 aromatic heterocycles. The molecule has 2 aromatic rings. The number of ether oxygens (including phenoxy) is 1. The molecule has 0 aliphatic rings. The normalized spacial score (nSPS) is 11.3.